The van der Waals surface area contributed by atoms with Crippen molar-refractivity contribution in [3.8, 4) is 11.5 Å². The summed E-state index contributed by atoms with van der Waals surface area (Å²) in [6.45, 7) is 2.73. The molecule has 0 spiro atoms. The van der Waals surface area contributed by atoms with Crippen molar-refractivity contribution in [2.24, 2.45) is 0 Å². The van der Waals surface area contributed by atoms with E-state index in [1.165, 1.54) is 19.7 Å². The molecule has 8 nitrogen and oxygen atoms in total. The molecule has 1 aromatic heterocycles. The molecule has 1 atom stereocenters. The SMILES string of the molecule is COc1cc2c(Nc3ccc(S)c(C)c3F)ncnc2cc1O/C=C/C1CN(C)CC(=O)N1. The van der Waals surface area contributed by atoms with Crippen LogP contribution in [0.5, 0.6) is 11.5 Å². The highest BCUT2D eigenvalue weighted by Crippen LogP contribution is 2.35. The van der Waals surface area contributed by atoms with E-state index in [2.05, 4.69) is 33.2 Å². The first-order valence-corrected chi connectivity index (χ1v) is 10.7. The smallest absolute Gasteiger partial charge is 0.234 e. The number of benzene rings is 2. The van der Waals surface area contributed by atoms with Gasteiger partial charge >= 0.3 is 0 Å². The van der Waals surface area contributed by atoms with Crippen molar-refractivity contribution >= 4 is 40.9 Å². The number of methoxy groups -OCH3 is 1. The highest BCUT2D eigenvalue weighted by atomic mass is 32.1. The molecule has 1 saturated heterocycles. The number of fused-ring (bicyclic) bond motifs is 1. The van der Waals surface area contributed by atoms with Gasteiger partial charge in [-0.15, -0.1) is 12.6 Å². The van der Waals surface area contributed by atoms with E-state index in [0.717, 1.165) is 0 Å². The summed E-state index contributed by atoms with van der Waals surface area (Å²) in [5.41, 5.74) is 1.32. The maximum atomic E-state index is 14.7. The van der Waals surface area contributed by atoms with E-state index in [1.807, 2.05) is 11.9 Å². The van der Waals surface area contributed by atoms with Crippen LogP contribution >= 0.6 is 12.6 Å². The Hall–Kier alpha value is -3.37. The standard InChI is InChI=1S/C23H24FN5O3S/c1-13-20(33)5-4-16(22(13)24)28-23-15-8-18(31-3)19(9-17(15)25-12-26-23)32-7-6-14-10-29(2)11-21(30)27-14/h4-9,12,14,33H,10-11H2,1-3H3,(H,27,30)(H,25,26,28)/b7-6+. The van der Waals surface area contributed by atoms with E-state index in [1.54, 1.807) is 37.3 Å². The molecule has 0 saturated carbocycles. The van der Waals surface area contributed by atoms with Gasteiger partial charge < -0.3 is 20.1 Å². The molecule has 1 aliphatic heterocycles. The first-order valence-electron chi connectivity index (χ1n) is 10.2. The van der Waals surface area contributed by atoms with Gasteiger partial charge in [0.15, 0.2) is 17.3 Å². The minimum atomic E-state index is -0.397. The van der Waals surface area contributed by atoms with Gasteiger partial charge in [0.1, 0.15) is 12.1 Å². The Morgan fingerprint density at radius 2 is 2.12 bits per heavy atom. The Labute approximate surface area is 196 Å². The van der Waals surface area contributed by atoms with Crippen LogP contribution in [0.15, 0.2) is 47.8 Å². The number of piperazine rings is 1. The molecule has 0 bridgehead atoms. The van der Waals surface area contributed by atoms with Gasteiger partial charge in [-0.05, 0) is 38.2 Å². The maximum absolute atomic E-state index is 14.7. The quantitative estimate of drug-likeness (QED) is 0.377. The van der Waals surface area contributed by atoms with Crippen LogP contribution < -0.4 is 20.1 Å². The van der Waals surface area contributed by atoms with E-state index < -0.39 is 5.82 Å². The molecule has 0 radical (unpaired) electrons. The molecule has 3 aromatic rings. The number of halogens is 1. The minimum Gasteiger partial charge on any atom is -0.493 e. The van der Waals surface area contributed by atoms with Crippen molar-refractivity contribution in [1.29, 1.82) is 0 Å². The largest absolute Gasteiger partial charge is 0.493 e. The summed E-state index contributed by atoms with van der Waals surface area (Å²) < 4.78 is 25.9. The fourth-order valence-corrected chi connectivity index (χ4v) is 3.75. The van der Waals surface area contributed by atoms with Crippen LogP contribution in [-0.2, 0) is 4.79 Å². The summed E-state index contributed by atoms with van der Waals surface area (Å²) in [6, 6.07) is 6.63. The second kappa shape index (κ2) is 9.63. The summed E-state index contributed by atoms with van der Waals surface area (Å²) in [5.74, 6) is 0.902. The van der Waals surface area contributed by atoms with Crippen molar-refractivity contribution in [2.75, 3.05) is 32.6 Å². The molecule has 10 heteroatoms. The van der Waals surface area contributed by atoms with Gasteiger partial charge in [0, 0.05) is 28.5 Å². The molecule has 1 amide bonds. The number of ether oxygens (including phenoxy) is 2. The van der Waals surface area contributed by atoms with Crippen LogP contribution in [-0.4, -0.2) is 54.1 Å². The van der Waals surface area contributed by atoms with Crippen LogP contribution in [0, 0.1) is 12.7 Å². The molecule has 1 unspecified atom stereocenters. The number of hydrogen-bond acceptors (Lipinski definition) is 8. The molecule has 0 aliphatic carbocycles. The number of anilines is 2. The van der Waals surface area contributed by atoms with Crippen molar-refractivity contribution < 1.29 is 18.7 Å². The third kappa shape index (κ3) is 5.01. The van der Waals surface area contributed by atoms with Crippen molar-refractivity contribution in [2.45, 2.75) is 17.9 Å². The molecule has 1 fully saturated rings. The van der Waals surface area contributed by atoms with E-state index in [4.69, 9.17) is 9.47 Å². The Morgan fingerprint density at radius 3 is 2.88 bits per heavy atom. The Bertz CT molecular complexity index is 1240. The average molecular weight is 470 g/mol. The van der Waals surface area contributed by atoms with E-state index in [0.29, 0.717) is 51.8 Å². The topological polar surface area (TPSA) is 88.6 Å². The van der Waals surface area contributed by atoms with Crippen LogP contribution in [0.4, 0.5) is 15.9 Å². The summed E-state index contributed by atoms with van der Waals surface area (Å²) >= 11 is 4.26. The zero-order valence-corrected chi connectivity index (χ0v) is 19.3. The van der Waals surface area contributed by atoms with Gasteiger partial charge in [0.2, 0.25) is 5.91 Å². The lowest BCUT2D eigenvalue weighted by Gasteiger charge is -2.28. The molecule has 33 heavy (non-hydrogen) atoms. The van der Waals surface area contributed by atoms with Crippen molar-refractivity contribution in [1.82, 2.24) is 20.2 Å². The molecule has 1 aliphatic rings. The van der Waals surface area contributed by atoms with Gasteiger partial charge in [0.25, 0.3) is 0 Å². The fourth-order valence-electron chi connectivity index (χ4n) is 3.57. The van der Waals surface area contributed by atoms with Gasteiger partial charge in [-0.25, -0.2) is 14.4 Å². The highest BCUT2D eigenvalue weighted by molar-refractivity contribution is 7.80. The predicted molar refractivity (Wildman–Crippen MR) is 127 cm³/mol. The van der Waals surface area contributed by atoms with Crippen molar-refractivity contribution in [3.05, 3.63) is 54.3 Å². The summed E-state index contributed by atoms with van der Waals surface area (Å²) in [7, 11) is 3.41. The highest BCUT2D eigenvalue weighted by Gasteiger charge is 2.20. The number of likely N-dealkylation sites (N-methyl/N-ethyl adjacent to an activating group) is 1. The van der Waals surface area contributed by atoms with Crippen LogP contribution in [0.3, 0.4) is 0 Å². The third-order valence-electron chi connectivity index (χ3n) is 5.31. The van der Waals surface area contributed by atoms with Crippen molar-refractivity contribution in [3.63, 3.8) is 0 Å². The Kier molecular flexibility index (Phi) is 6.66. The molecule has 2 aromatic carbocycles. The molecule has 2 heterocycles. The Morgan fingerprint density at radius 1 is 1.30 bits per heavy atom. The number of amides is 1. The van der Waals surface area contributed by atoms with E-state index >= 15 is 0 Å². The van der Waals surface area contributed by atoms with Crippen LogP contribution in [0.2, 0.25) is 0 Å². The summed E-state index contributed by atoms with van der Waals surface area (Å²) in [6.07, 6.45) is 4.69. The number of rotatable bonds is 6. The zero-order valence-electron chi connectivity index (χ0n) is 18.4. The minimum absolute atomic E-state index is 0.0333. The zero-order chi connectivity index (χ0) is 23.5. The number of hydrogen-bond donors (Lipinski definition) is 3. The Balaban J connectivity index is 1.60. The van der Waals surface area contributed by atoms with Crippen LogP contribution in [0.1, 0.15) is 5.56 Å². The van der Waals surface area contributed by atoms with E-state index in [-0.39, 0.29) is 17.6 Å². The fraction of sp³-hybridized carbons (Fsp3) is 0.261. The first kappa shape index (κ1) is 22.8. The molecule has 2 N–H and O–H groups in total. The molecular formula is C23H24FN5O3S. The number of carbonyl (C=O) groups excluding carboxylic acids is 1. The number of nitrogens with zero attached hydrogens (tertiary/aromatic N) is 3. The van der Waals surface area contributed by atoms with Crippen LogP contribution in [0.25, 0.3) is 10.9 Å². The second-order valence-electron chi connectivity index (χ2n) is 7.76. The molecule has 4 rings (SSSR count). The van der Waals surface area contributed by atoms with Gasteiger partial charge in [-0.3, -0.25) is 9.69 Å². The lowest BCUT2D eigenvalue weighted by atomic mass is 10.1. The lowest BCUT2D eigenvalue weighted by molar-refractivity contribution is -0.124. The van der Waals surface area contributed by atoms with Gasteiger partial charge in [-0.2, -0.15) is 0 Å². The lowest BCUT2D eigenvalue weighted by Crippen LogP contribution is -2.51. The third-order valence-corrected chi connectivity index (χ3v) is 5.79. The summed E-state index contributed by atoms with van der Waals surface area (Å²) in [4.78, 5) is 22.8. The normalized spacial score (nSPS) is 16.8. The molecular weight excluding hydrogens is 445 g/mol. The van der Waals surface area contributed by atoms with Gasteiger partial charge in [-0.1, -0.05) is 0 Å². The monoisotopic (exact) mass is 469 g/mol. The average Bonchev–Trinajstić information content (AvgIpc) is 2.78. The molecule has 172 valence electrons. The number of thiol groups is 1. The number of nitrogens with one attached hydrogen (secondary N) is 2. The first-order chi connectivity index (χ1) is 15.9. The number of aromatic nitrogens is 2. The second-order valence-corrected chi connectivity index (χ2v) is 8.24. The summed E-state index contributed by atoms with van der Waals surface area (Å²) in [5, 5.41) is 6.56. The van der Waals surface area contributed by atoms with E-state index in [9.17, 15) is 9.18 Å². The number of carbonyl (C=O) groups is 1. The maximum Gasteiger partial charge on any atom is 0.234 e. The van der Waals surface area contributed by atoms with Gasteiger partial charge in [0.05, 0.1) is 37.2 Å². The predicted octanol–water partition coefficient (Wildman–Crippen LogP) is 3.44.